The van der Waals surface area contributed by atoms with E-state index in [4.69, 9.17) is 16.3 Å². The SMILES string of the molecule is COCCn1c(SC(C)C(=O)N2CCCC2)nnc1-c1ccc(Cl)cc1. The number of amides is 1. The maximum absolute atomic E-state index is 12.6. The van der Waals surface area contributed by atoms with Crippen molar-refractivity contribution in [2.45, 2.75) is 36.7 Å². The van der Waals surface area contributed by atoms with Crippen LogP contribution in [0.3, 0.4) is 0 Å². The first-order chi connectivity index (χ1) is 12.6. The number of methoxy groups -OCH3 is 1. The molecule has 0 spiro atoms. The number of carbonyl (C=O) groups is 1. The third-order valence-corrected chi connectivity index (χ3v) is 5.71. The van der Waals surface area contributed by atoms with E-state index in [1.807, 2.05) is 40.7 Å². The van der Waals surface area contributed by atoms with E-state index in [2.05, 4.69) is 10.2 Å². The van der Waals surface area contributed by atoms with Crippen molar-refractivity contribution in [1.82, 2.24) is 19.7 Å². The van der Waals surface area contributed by atoms with E-state index in [1.54, 1.807) is 7.11 Å². The number of likely N-dealkylation sites (tertiary alicyclic amines) is 1. The van der Waals surface area contributed by atoms with Gasteiger partial charge in [-0.1, -0.05) is 23.4 Å². The first-order valence-corrected chi connectivity index (χ1v) is 9.99. The van der Waals surface area contributed by atoms with Crippen LogP contribution in [-0.4, -0.2) is 57.6 Å². The van der Waals surface area contributed by atoms with E-state index >= 15 is 0 Å². The minimum Gasteiger partial charge on any atom is -0.383 e. The summed E-state index contributed by atoms with van der Waals surface area (Å²) in [5.41, 5.74) is 0.934. The van der Waals surface area contributed by atoms with Crippen LogP contribution in [0.4, 0.5) is 0 Å². The number of nitrogens with zero attached hydrogens (tertiary/aromatic N) is 4. The second kappa shape index (κ2) is 8.88. The molecule has 1 fully saturated rings. The Balaban J connectivity index is 1.81. The molecule has 0 bridgehead atoms. The average molecular weight is 395 g/mol. The van der Waals surface area contributed by atoms with Crippen LogP contribution in [0.2, 0.25) is 5.02 Å². The Hall–Kier alpha value is -1.57. The van der Waals surface area contributed by atoms with Gasteiger partial charge in [-0.25, -0.2) is 0 Å². The number of benzene rings is 1. The van der Waals surface area contributed by atoms with Gasteiger partial charge < -0.3 is 9.64 Å². The molecule has 1 aliphatic rings. The van der Waals surface area contributed by atoms with Crippen LogP contribution in [-0.2, 0) is 16.1 Å². The smallest absolute Gasteiger partial charge is 0.235 e. The number of hydrogen-bond donors (Lipinski definition) is 0. The molecule has 0 aliphatic carbocycles. The Morgan fingerprint density at radius 2 is 1.96 bits per heavy atom. The zero-order chi connectivity index (χ0) is 18.5. The summed E-state index contributed by atoms with van der Waals surface area (Å²) in [6.45, 7) is 4.81. The average Bonchev–Trinajstić information content (AvgIpc) is 3.30. The molecule has 3 rings (SSSR count). The minimum atomic E-state index is -0.198. The highest BCUT2D eigenvalue weighted by Crippen LogP contribution is 2.28. The third kappa shape index (κ3) is 4.39. The molecule has 140 valence electrons. The predicted molar refractivity (Wildman–Crippen MR) is 103 cm³/mol. The minimum absolute atomic E-state index is 0.168. The number of ether oxygens (including phenoxy) is 1. The Kier molecular flexibility index (Phi) is 6.56. The third-order valence-electron chi connectivity index (χ3n) is 4.39. The van der Waals surface area contributed by atoms with Gasteiger partial charge in [-0.2, -0.15) is 0 Å². The Morgan fingerprint density at radius 3 is 2.62 bits per heavy atom. The van der Waals surface area contributed by atoms with Gasteiger partial charge in [-0.05, 0) is 44.0 Å². The topological polar surface area (TPSA) is 60.2 Å². The van der Waals surface area contributed by atoms with E-state index in [-0.39, 0.29) is 11.2 Å². The second-order valence-corrected chi connectivity index (χ2v) is 7.99. The summed E-state index contributed by atoms with van der Waals surface area (Å²) in [6, 6.07) is 7.50. The number of thioether (sulfide) groups is 1. The van der Waals surface area contributed by atoms with Gasteiger partial charge >= 0.3 is 0 Å². The van der Waals surface area contributed by atoms with Crippen LogP contribution in [0, 0.1) is 0 Å². The van der Waals surface area contributed by atoms with Crippen LogP contribution < -0.4 is 0 Å². The molecule has 2 heterocycles. The zero-order valence-electron chi connectivity index (χ0n) is 15.0. The lowest BCUT2D eigenvalue weighted by Gasteiger charge is -2.20. The molecule has 0 saturated carbocycles. The van der Waals surface area contributed by atoms with Crippen LogP contribution in [0.5, 0.6) is 0 Å². The summed E-state index contributed by atoms with van der Waals surface area (Å²) in [5, 5.41) is 9.89. The summed E-state index contributed by atoms with van der Waals surface area (Å²) < 4.78 is 7.24. The summed E-state index contributed by atoms with van der Waals surface area (Å²) in [4.78, 5) is 14.5. The van der Waals surface area contributed by atoms with Gasteiger partial charge in [0.2, 0.25) is 5.91 Å². The highest BCUT2D eigenvalue weighted by molar-refractivity contribution is 8.00. The summed E-state index contributed by atoms with van der Waals surface area (Å²) in [7, 11) is 1.67. The van der Waals surface area contributed by atoms with Crippen LogP contribution in [0.25, 0.3) is 11.4 Å². The molecule has 6 nitrogen and oxygen atoms in total. The van der Waals surface area contributed by atoms with Crippen molar-refractivity contribution >= 4 is 29.3 Å². The van der Waals surface area contributed by atoms with Gasteiger partial charge in [0.05, 0.1) is 18.4 Å². The lowest BCUT2D eigenvalue weighted by atomic mass is 10.2. The van der Waals surface area contributed by atoms with Gasteiger partial charge in [0.25, 0.3) is 0 Å². The Labute approximate surface area is 162 Å². The molecular formula is C18H23ClN4O2S. The van der Waals surface area contributed by atoms with Crippen molar-refractivity contribution in [2.24, 2.45) is 0 Å². The fraction of sp³-hybridized carbons (Fsp3) is 0.500. The number of halogens is 1. The molecule has 1 atom stereocenters. The summed E-state index contributed by atoms with van der Waals surface area (Å²) in [6.07, 6.45) is 2.18. The standard InChI is InChI=1S/C18H23ClN4O2S/c1-13(17(24)22-9-3-4-10-22)26-18-21-20-16(23(18)11-12-25-2)14-5-7-15(19)8-6-14/h5-8,13H,3-4,9-12H2,1-2H3. The fourth-order valence-corrected chi connectivity index (χ4v) is 4.06. The highest BCUT2D eigenvalue weighted by Gasteiger charge is 2.26. The lowest BCUT2D eigenvalue weighted by Crippen LogP contribution is -2.34. The molecule has 1 aromatic heterocycles. The number of rotatable bonds is 7. The Morgan fingerprint density at radius 1 is 1.27 bits per heavy atom. The zero-order valence-corrected chi connectivity index (χ0v) is 16.6. The van der Waals surface area contributed by atoms with Gasteiger partial charge in [0.1, 0.15) is 0 Å². The normalized spacial score (nSPS) is 15.4. The monoisotopic (exact) mass is 394 g/mol. The van der Waals surface area contributed by atoms with Crippen LogP contribution in [0.15, 0.2) is 29.4 Å². The molecule has 0 N–H and O–H groups in total. The van der Waals surface area contributed by atoms with Crippen LogP contribution in [0.1, 0.15) is 19.8 Å². The number of aromatic nitrogens is 3. The summed E-state index contributed by atoms with van der Waals surface area (Å²) in [5.74, 6) is 0.920. The number of carbonyl (C=O) groups excluding carboxylic acids is 1. The van der Waals surface area contributed by atoms with Crippen molar-refractivity contribution in [3.8, 4) is 11.4 Å². The van der Waals surface area contributed by atoms with E-state index in [0.29, 0.717) is 18.2 Å². The Bertz CT molecular complexity index is 744. The van der Waals surface area contributed by atoms with E-state index in [1.165, 1.54) is 11.8 Å². The summed E-state index contributed by atoms with van der Waals surface area (Å²) >= 11 is 7.44. The van der Waals surface area contributed by atoms with Gasteiger partial charge in [-0.3, -0.25) is 9.36 Å². The van der Waals surface area contributed by atoms with E-state index < -0.39 is 0 Å². The molecule has 2 aromatic rings. The molecule has 1 amide bonds. The molecule has 1 saturated heterocycles. The maximum Gasteiger partial charge on any atom is 0.235 e. The lowest BCUT2D eigenvalue weighted by molar-refractivity contribution is -0.129. The van der Waals surface area contributed by atoms with Crippen molar-refractivity contribution in [2.75, 3.05) is 26.8 Å². The largest absolute Gasteiger partial charge is 0.383 e. The molecule has 1 aromatic carbocycles. The van der Waals surface area contributed by atoms with Gasteiger partial charge in [-0.15, -0.1) is 10.2 Å². The molecular weight excluding hydrogens is 372 g/mol. The van der Waals surface area contributed by atoms with Crippen molar-refractivity contribution in [3.05, 3.63) is 29.3 Å². The van der Waals surface area contributed by atoms with Gasteiger partial charge in [0.15, 0.2) is 11.0 Å². The highest BCUT2D eigenvalue weighted by atomic mass is 35.5. The quantitative estimate of drug-likeness (QED) is 0.674. The van der Waals surface area contributed by atoms with Crippen molar-refractivity contribution < 1.29 is 9.53 Å². The molecule has 1 unspecified atom stereocenters. The van der Waals surface area contributed by atoms with Crippen molar-refractivity contribution in [1.29, 1.82) is 0 Å². The molecule has 0 radical (unpaired) electrons. The second-order valence-electron chi connectivity index (χ2n) is 6.25. The molecule has 26 heavy (non-hydrogen) atoms. The van der Waals surface area contributed by atoms with Crippen LogP contribution >= 0.6 is 23.4 Å². The van der Waals surface area contributed by atoms with Gasteiger partial charge in [0, 0.05) is 30.8 Å². The van der Waals surface area contributed by atoms with Crippen molar-refractivity contribution in [3.63, 3.8) is 0 Å². The first-order valence-electron chi connectivity index (χ1n) is 8.73. The first kappa shape index (κ1) is 19.2. The maximum atomic E-state index is 12.6. The predicted octanol–water partition coefficient (Wildman–Crippen LogP) is 3.35. The fourth-order valence-electron chi connectivity index (χ4n) is 2.98. The van der Waals surface area contributed by atoms with E-state index in [0.717, 1.165) is 42.5 Å². The molecule has 8 heteroatoms. The van der Waals surface area contributed by atoms with E-state index in [9.17, 15) is 4.79 Å². The molecule has 1 aliphatic heterocycles. The number of hydrogen-bond acceptors (Lipinski definition) is 5.